The number of fused-ring (bicyclic) bond motifs is 1. The molecule has 2 aromatic rings. The van der Waals surface area contributed by atoms with Gasteiger partial charge in [0.1, 0.15) is 0 Å². The number of hydrogen-bond acceptors (Lipinski definition) is 6. The minimum Gasteiger partial charge on any atom is -0.452 e. The average molecular weight is 376 g/mol. The molecule has 1 amide bonds. The zero-order valence-electron chi connectivity index (χ0n) is 14.6. The van der Waals surface area contributed by atoms with Crippen LogP contribution in [0.3, 0.4) is 0 Å². The van der Waals surface area contributed by atoms with Crippen molar-refractivity contribution in [2.75, 3.05) is 25.2 Å². The summed E-state index contributed by atoms with van der Waals surface area (Å²) in [6.07, 6.45) is 0.409. The normalized spacial score (nSPS) is 18.6. The fraction of sp³-hybridized carbons (Fsp3) is 0.389. The van der Waals surface area contributed by atoms with Gasteiger partial charge in [-0.15, -0.1) is 0 Å². The van der Waals surface area contributed by atoms with Crippen LogP contribution in [0, 0.1) is 6.92 Å². The molecule has 0 aliphatic carbocycles. The van der Waals surface area contributed by atoms with Gasteiger partial charge < -0.3 is 9.64 Å². The van der Waals surface area contributed by atoms with E-state index >= 15 is 0 Å². The van der Waals surface area contributed by atoms with Gasteiger partial charge in [-0.25, -0.2) is 13.2 Å². The van der Waals surface area contributed by atoms with Crippen LogP contribution in [0.1, 0.15) is 22.5 Å². The minimum absolute atomic E-state index is 0.0443. The molecule has 2 heterocycles. The number of pyridine rings is 1. The molecule has 0 saturated carbocycles. The van der Waals surface area contributed by atoms with E-state index in [0.29, 0.717) is 28.6 Å². The smallest absolute Gasteiger partial charge is 0.339 e. The number of carbonyl (C=O) groups excluding carboxylic acids is 2. The maximum Gasteiger partial charge on any atom is 0.339 e. The van der Waals surface area contributed by atoms with Crippen molar-refractivity contribution in [2.45, 2.75) is 19.4 Å². The van der Waals surface area contributed by atoms with Gasteiger partial charge in [-0.05, 0) is 25.5 Å². The zero-order chi connectivity index (χ0) is 18.9. The van der Waals surface area contributed by atoms with Gasteiger partial charge in [0.05, 0.1) is 22.6 Å². The number of ether oxygens (including phenoxy) is 1. The molecule has 8 heteroatoms. The molecule has 0 bridgehead atoms. The summed E-state index contributed by atoms with van der Waals surface area (Å²) >= 11 is 0. The summed E-state index contributed by atoms with van der Waals surface area (Å²) in [5, 5.41) is 0.658. The van der Waals surface area contributed by atoms with E-state index in [2.05, 4.69) is 4.98 Å². The standard InChI is InChI=1S/C18H20N2O5S/c1-12-9-15(14-5-3-4-6-16(14)19-12)18(22)25-10-17(21)20(2)13-7-8-26(23,24)11-13/h3-6,9,13H,7-8,10-11H2,1-2H3/t13-/m1/s1. The Morgan fingerprint density at radius 2 is 2.04 bits per heavy atom. The predicted octanol–water partition coefficient (Wildman–Crippen LogP) is 1.35. The van der Waals surface area contributed by atoms with Crippen molar-refractivity contribution in [1.29, 1.82) is 0 Å². The number of hydrogen-bond donors (Lipinski definition) is 0. The molecule has 138 valence electrons. The Bertz CT molecular complexity index is 971. The fourth-order valence-electron chi connectivity index (χ4n) is 3.07. The average Bonchev–Trinajstić information content (AvgIpc) is 2.97. The first kappa shape index (κ1) is 18.3. The van der Waals surface area contributed by atoms with Crippen molar-refractivity contribution in [3.05, 3.63) is 41.6 Å². The third kappa shape index (κ3) is 3.85. The predicted molar refractivity (Wildman–Crippen MR) is 96.6 cm³/mol. The lowest BCUT2D eigenvalue weighted by molar-refractivity contribution is -0.134. The highest BCUT2D eigenvalue weighted by Gasteiger charge is 2.33. The minimum atomic E-state index is -3.09. The van der Waals surface area contributed by atoms with Crippen molar-refractivity contribution in [3.8, 4) is 0 Å². The van der Waals surface area contributed by atoms with Crippen LogP contribution in [-0.2, 0) is 19.4 Å². The van der Waals surface area contributed by atoms with Crippen LogP contribution in [0.5, 0.6) is 0 Å². The van der Waals surface area contributed by atoms with Gasteiger partial charge in [-0.3, -0.25) is 9.78 Å². The lowest BCUT2D eigenvalue weighted by Crippen LogP contribution is -2.40. The lowest BCUT2D eigenvalue weighted by Gasteiger charge is -2.23. The second-order valence-corrected chi connectivity index (χ2v) is 8.69. The Balaban J connectivity index is 1.68. The summed E-state index contributed by atoms with van der Waals surface area (Å²) < 4.78 is 28.3. The molecule has 0 unspecified atom stereocenters. The number of carbonyl (C=O) groups is 2. The molecule has 1 aromatic carbocycles. The van der Waals surface area contributed by atoms with Crippen LogP contribution < -0.4 is 0 Å². The first-order valence-electron chi connectivity index (χ1n) is 8.26. The zero-order valence-corrected chi connectivity index (χ0v) is 15.5. The van der Waals surface area contributed by atoms with Crippen LogP contribution in [-0.4, -0.2) is 61.4 Å². The van der Waals surface area contributed by atoms with Gasteiger partial charge in [0.2, 0.25) is 0 Å². The van der Waals surface area contributed by atoms with E-state index < -0.39 is 28.3 Å². The molecule has 1 atom stereocenters. The lowest BCUT2D eigenvalue weighted by atomic mass is 10.1. The maximum absolute atomic E-state index is 12.4. The summed E-state index contributed by atoms with van der Waals surface area (Å²) in [6.45, 7) is 1.35. The van der Waals surface area contributed by atoms with Crippen molar-refractivity contribution >= 4 is 32.6 Å². The number of likely N-dealkylation sites (N-methyl/N-ethyl adjacent to an activating group) is 1. The molecule has 26 heavy (non-hydrogen) atoms. The summed E-state index contributed by atoms with van der Waals surface area (Å²) in [6, 6.07) is 8.47. The van der Waals surface area contributed by atoms with Gasteiger partial charge in [0.15, 0.2) is 16.4 Å². The van der Waals surface area contributed by atoms with Crippen LogP contribution in [0.2, 0.25) is 0 Å². The molecule has 1 aliphatic heterocycles. The molecular weight excluding hydrogens is 356 g/mol. The number of esters is 1. The molecule has 0 radical (unpaired) electrons. The molecule has 1 aliphatic rings. The fourth-order valence-corrected chi connectivity index (χ4v) is 4.84. The molecule has 7 nitrogen and oxygen atoms in total. The topological polar surface area (TPSA) is 93.6 Å². The highest BCUT2D eigenvalue weighted by Crippen LogP contribution is 2.20. The van der Waals surface area contributed by atoms with Crippen molar-refractivity contribution in [2.24, 2.45) is 0 Å². The van der Waals surface area contributed by atoms with Crippen LogP contribution in [0.15, 0.2) is 30.3 Å². The Morgan fingerprint density at radius 1 is 1.31 bits per heavy atom. The summed E-state index contributed by atoms with van der Waals surface area (Å²) in [4.78, 5) is 30.4. The largest absolute Gasteiger partial charge is 0.452 e. The van der Waals surface area contributed by atoms with E-state index in [4.69, 9.17) is 4.74 Å². The van der Waals surface area contributed by atoms with Crippen LogP contribution >= 0.6 is 0 Å². The molecule has 3 rings (SSSR count). The van der Waals surface area contributed by atoms with Crippen LogP contribution in [0.4, 0.5) is 0 Å². The number of nitrogens with zero attached hydrogens (tertiary/aromatic N) is 2. The molecule has 0 spiro atoms. The van der Waals surface area contributed by atoms with Gasteiger partial charge in [0, 0.05) is 24.2 Å². The molecule has 1 aromatic heterocycles. The number of sulfone groups is 1. The Hall–Kier alpha value is -2.48. The van der Waals surface area contributed by atoms with Gasteiger partial charge >= 0.3 is 5.97 Å². The van der Waals surface area contributed by atoms with E-state index in [1.807, 2.05) is 6.07 Å². The molecule has 0 N–H and O–H groups in total. The Kier molecular flexibility index (Phi) is 4.95. The molecule has 1 saturated heterocycles. The Morgan fingerprint density at radius 3 is 2.73 bits per heavy atom. The maximum atomic E-state index is 12.4. The van der Waals surface area contributed by atoms with E-state index in [-0.39, 0.29) is 17.5 Å². The first-order chi connectivity index (χ1) is 12.3. The van der Waals surface area contributed by atoms with Gasteiger partial charge in [0.25, 0.3) is 5.91 Å². The van der Waals surface area contributed by atoms with E-state index in [9.17, 15) is 18.0 Å². The van der Waals surface area contributed by atoms with E-state index in [1.165, 1.54) is 11.9 Å². The van der Waals surface area contributed by atoms with Gasteiger partial charge in [-0.2, -0.15) is 0 Å². The van der Waals surface area contributed by atoms with Crippen LogP contribution in [0.25, 0.3) is 10.9 Å². The summed E-state index contributed by atoms with van der Waals surface area (Å²) in [5.41, 5.74) is 1.71. The third-order valence-electron chi connectivity index (χ3n) is 4.54. The van der Waals surface area contributed by atoms with Crippen molar-refractivity contribution in [3.63, 3.8) is 0 Å². The Labute approximate surface area is 151 Å². The summed E-state index contributed by atoms with van der Waals surface area (Å²) in [7, 11) is -1.55. The second kappa shape index (κ2) is 7.03. The third-order valence-corrected chi connectivity index (χ3v) is 6.29. The van der Waals surface area contributed by atoms with Gasteiger partial charge in [-0.1, -0.05) is 18.2 Å². The quantitative estimate of drug-likeness (QED) is 0.748. The molecular formula is C18H20N2O5S. The van der Waals surface area contributed by atoms with Crippen molar-refractivity contribution < 1.29 is 22.7 Å². The monoisotopic (exact) mass is 376 g/mol. The number of amides is 1. The number of para-hydroxylation sites is 1. The molecule has 1 fully saturated rings. The number of aryl methyl sites for hydroxylation is 1. The highest BCUT2D eigenvalue weighted by molar-refractivity contribution is 7.91. The first-order valence-corrected chi connectivity index (χ1v) is 10.1. The van der Waals surface area contributed by atoms with E-state index in [0.717, 1.165) is 0 Å². The van der Waals surface area contributed by atoms with Crippen molar-refractivity contribution in [1.82, 2.24) is 9.88 Å². The summed E-state index contributed by atoms with van der Waals surface area (Å²) in [5.74, 6) is -0.989. The van der Waals surface area contributed by atoms with E-state index in [1.54, 1.807) is 31.2 Å². The highest BCUT2D eigenvalue weighted by atomic mass is 32.2. The SMILES string of the molecule is Cc1cc(C(=O)OCC(=O)N(C)[C@@H]2CCS(=O)(=O)C2)c2ccccc2n1. The number of rotatable bonds is 4. The number of benzene rings is 1. The second-order valence-electron chi connectivity index (χ2n) is 6.47. The number of aromatic nitrogens is 1.